The molecule has 18 heavy (non-hydrogen) atoms. The smallest absolute Gasteiger partial charge is 0.115 e. The monoisotopic (exact) mass is 260 g/mol. The molecule has 0 spiro atoms. The van der Waals surface area contributed by atoms with E-state index in [1.165, 1.54) is 5.56 Å². The van der Waals surface area contributed by atoms with Gasteiger partial charge < -0.3 is 10.2 Å². The molecule has 0 fully saturated rings. The lowest BCUT2D eigenvalue weighted by Crippen LogP contribution is -1.90. The normalized spacial score (nSPS) is 12.3. The minimum Gasteiger partial charge on any atom is -0.508 e. The van der Waals surface area contributed by atoms with Crippen molar-refractivity contribution in [2.24, 2.45) is 0 Å². The SMILES string of the molecule is CC(O)c1cccc(SCc2ccc(O)cc2)c1. The summed E-state index contributed by atoms with van der Waals surface area (Å²) in [5, 5.41) is 18.7. The van der Waals surface area contributed by atoms with Gasteiger partial charge in [-0.2, -0.15) is 0 Å². The van der Waals surface area contributed by atoms with Gasteiger partial charge in [0.1, 0.15) is 5.75 Å². The van der Waals surface area contributed by atoms with Crippen LogP contribution >= 0.6 is 11.8 Å². The molecule has 94 valence electrons. The molecule has 2 aromatic carbocycles. The van der Waals surface area contributed by atoms with Gasteiger partial charge in [-0.25, -0.2) is 0 Å². The highest BCUT2D eigenvalue weighted by Crippen LogP contribution is 2.26. The minimum atomic E-state index is -0.431. The lowest BCUT2D eigenvalue weighted by atomic mass is 10.1. The predicted molar refractivity (Wildman–Crippen MR) is 74.7 cm³/mol. The first-order valence-electron chi connectivity index (χ1n) is 5.84. The number of hydrogen-bond donors (Lipinski definition) is 2. The Kier molecular flexibility index (Phi) is 4.28. The van der Waals surface area contributed by atoms with Gasteiger partial charge in [0, 0.05) is 10.6 Å². The first-order chi connectivity index (χ1) is 8.65. The first kappa shape index (κ1) is 13.0. The molecule has 0 heterocycles. The fraction of sp³-hybridized carbons (Fsp3) is 0.200. The van der Waals surface area contributed by atoms with Gasteiger partial charge in [-0.15, -0.1) is 11.8 Å². The van der Waals surface area contributed by atoms with Crippen molar-refractivity contribution in [2.45, 2.75) is 23.7 Å². The van der Waals surface area contributed by atoms with Crippen molar-refractivity contribution >= 4 is 11.8 Å². The summed E-state index contributed by atoms with van der Waals surface area (Å²) in [6.45, 7) is 1.77. The van der Waals surface area contributed by atoms with Crippen LogP contribution in [0.2, 0.25) is 0 Å². The van der Waals surface area contributed by atoms with Gasteiger partial charge in [0.25, 0.3) is 0 Å². The molecular weight excluding hydrogens is 244 g/mol. The van der Waals surface area contributed by atoms with Crippen molar-refractivity contribution in [2.75, 3.05) is 0 Å². The highest BCUT2D eigenvalue weighted by Gasteiger charge is 2.02. The molecule has 2 aromatic rings. The number of phenols is 1. The Morgan fingerprint density at radius 3 is 2.50 bits per heavy atom. The average molecular weight is 260 g/mol. The Bertz CT molecular complexity index is 506. The summed E-state index contributed by atoms with van der Waals surface area (Å²) in [5.74, 6) is 1.14. The summed E-state index contributed by atoms with van der Waals surface area (Å²) in [6, 6.07) is 15.2. The molecule has 2 N–H and O–H groups in total. The highest BCUT2D eigenvalue weighted by atomic mass is 32.2. The van der Waals surface area contributed by atoms with Gasteiger partial charge in [0.2, 0.25) is 0 Å². The summed E-state index contributed by atoms with van der Waals surface area (Å²) < 4.78 is 0. The Labute approximate surface area is 111 Å². The second kappa shape index (κ2) is 5.94. The Morgan fingerprint density at radius 2 is 1.83 bits per heavy atom. The van der Waals surface area contributed by atoms with E-state index >= 15 is 0 Å². The second-order valence-electron chi connectivity index (χ2n) is 4.20. The maximum atomic E-state index is 9.53. The van der Waals surface area contributed by atoms with Crippen molar-refractivity contribution < 1.29 is 10.2 Å². The third kappa shape index (κ3) is 3.52. The third-order valence-electron chi connectivity index (χ3n) is 2.68. The van der Waals surface area contributed by atoms with Crippen LogP contribution in [0.3, 0.4) is 0 Å². The maximum absolute atomic E-state index is 9.53. The topological polar surface area (TPSA) is 40.5 Å². The van der Waals surface area contributed by atoms with Crippen molar-refractivity contribution in [3.8, 4) is 5.75 Å². The molecule has 1 atom stereocenters. The maximum Gasteiger partial charge on any atom is 0.115 e. The van der Waals surface area contributed by atoms with E-state index in [0.717, 1.165) is 16.2 Å². The largest absolute Gasteiger partial charge is 0.508 e. The van der Waals surface area contributed by atoms with Gasteiger partial charge >= 0.3 is 0 Å². The number of aliphatic hydroxyl groups is 1. The van der Waals surface area contributed by atoms with Gasteiger partial charge in [-0.3, -0.25) is 0 Å². The summed E-state index contributed by atoms with van der Waals surface area (Å²) in [6.07, 6.45) is -0.431. The van der Waals surface area contributed by atoms with Crippen molar-refractivity contribution in [3.63, 3.8) is 0 Å². The van der Waals surface area contributed by atoms with Crippen LogP contribution in [0.1, 0.15) is 24.2 Å². The molecule has 0 aliphatic carbocycles. The summed E-state index contributed by atoms with van der Waals surface area (Å²) >= 11 is 1.72. The van der Waals surface area contributed by atoms with E-state index in [1.54, 1.807) is 30.8 Å². The van der Waals surface area contributed by atoms with E-state index < -0.39 is 6.10 Å². The van der Waals surface area contributed by atoms with E-state index in [-0.39, 0.29) is 0 Å². The Balaban J connectivity index is 2.01. The van der Waals surface area contributed by atoms with Gasteiger partial charge in [-0.1, -0.05) is 24.3 Å². The second-order valence-corrected chi connectivity index (χ2v) is 5.25. The number of benzene rings is 2. The molecule has 3 heteroatoms. The number of phenolic OH excluding ortho intramolecular Hbond substituents is 1. The van der Waals surface area contributed by atoms with Crippen molar-refractivity contribution in [1.82, 2.24) is 0 Å². The third-order valence-corrected chi connectivity index (χ3v) is 3.75. The van der Waals surface area contributed by atoms with Crippen LogP contribution in [0.15, 0.2) is 53.4 Å². The van der Waals surface area contributed by atoms with E-state index in [4.69, 9.17) is 0 Å². The Morgan fingerprint density at radius 1 is 1.11 bits per heavy atom. The lowest BCUT2D eigenvalue weighted by molar-refractivity contribution is 0.199. The van der Waals surface area contributed by atoms with Crippen LogP contribution in [-0.4, -0.2) is 10.2 Å². The van der Waals surface area contributed by atoms with E-state index in [2.05, 4.69) is 0 Å². The van der Waals surface area contributed by atoms with Crippen LogP contribution in [0.4, 0.5) is 0 Å². The Hall–Kier alpha value is -1.45. The first-order valence-corrected chi connectivity index (χ1v) is 6.82. The molecule has 2 nitrogen and oxygen atoms in total. The van der Waals surface area contributed by atoms with E-state index in [0.29, 0.717) is 5.75 Å². The van der Waals surface area contributed by atoms with Crippen LogP contribution in [0.5, 0.6) is 5.75 Å². The molecule has 0 bridgehead atoms. The average Bonchev–Trinajstić information content (AvgIpc) is 2.38. The van der Waals surface area contributed by atoms with Crippen LogP contribution in [0.25, 0.3) is 0 Å². The zero-order valence-corrected chi connectivity index (χ0v) is 11.0. The standard InChI is InChI=1S/C15H16O2S/c1-11(16)13-3-2-4-15(9-13)18-10-12-5-7-14(17)8-6-12/h2-9,11,16-17H,10H2,1H3. The van der Waals surface area contributed by atoms with E-state index in [1.807, 2.05) is 36.4 Å². The van der Waals surface area contributed by atoms with Gasteiger partial charge in [0.15, 0.2) is 0 Å². The van der Waals surface area contributed by atoms with Crippen molar-refractivity contribution in [3.05, 3.63) is 59.7 Å². The summed E-state index contributed by atoms with van der Waals surface area (Å²) in [7, 11) is 0. The molecule has 2 rings (SSSR count). The van der Waals surface area contributed by atoms with E-state index in [9.17, 15) is 10.2 Å². The molecule has 0 saturated heterocycles. The molecule has 1 unspecified atom stereocenters. The summed E-state index contributed by atoms with van der Waals surface area (Å²) in [5.41, 5.74) is 2.10. The molecule has 0 saturated carbocycles. The highest BCUT2D eigenvalue weighted by molar-refractivity contribution is 7.98. The summed E-state index contributed by atoms with van der Waals surface area (Å²) in [4.78, 5) is 1.14. The predicted octanol–water partition coefficient (Wildman–Crippen LogP) is 3.74. The zero-order valence-electron chi connectivity index (χ0n) is 10.2. The molecule has 0 amide bonds. The molecule has 0 radical (unpaired) electrons. The number of thioether (sulfide) groups is 1. The molecule has 0 aliphatic rings. The fourth-order valence-corrected chi connectivity index (χ4v) is 2.54. The molecule has 0 aromatic heterocycles. The van der Waals surface area contributed by atoms with Gasteiger partial charge in [0.05, 0.1) is 6.10 Å². The van der Waals surface area contributed by atoms with Crippen LogP contribution < -0.4 is 0 Å². The van der Waals surface area contributed by atoms with Gasteiger partial charge in [-0.05, 0) is 42.3 Å². The number of aromatic hydroxyl groups is 1. The number of aliphatic hydroxyl groups excluding tert-OH is 1. The van der Waals surface area contributed by atoms with Crippen LogP contribution in [-0.2, 0) is 5.75 Å². The minimum absolute atomic E-state index is 0.292. The number of hydrogen-bond acceptors (Lipinski definition) is 3. The fourth-order valence-electron chi connectivity index (χ4n) is 1.62. The lowest BCUT2D eigenvalue weighted by Gasteiger charge is -2.07. The number of rotatable bonds is 4. The molecular formula is C15H16O2S. The van der Waals surface area contributed by atoms with Crippen molar-refractivity contribution in [1.29, 1.82) is 0 Å². The zero-order chi connectivity index (χ0) is 13.0. The quantitative estimate of drug-likeness (QED) is 0.823. The molecule has 0 aliphatic heterocycles. The van der Waals surface area contributed by atoms with Crippen LogP contribution in [0, 0.1) is 0 Å².